The third-order valence-electron chi connectivity index (χ3n) is 5.46. The maximum absolute atomic E-state index is 10.7. The summed E-state index contributed by atoms with van der Waals surface area (Å²) >= 11 is 0. The van der Waals surface area contributed by atoms with Crippen molar-refractivity contribution in [3.63, 3.8) is 0 Å². The van der Waals surface area contributed by atoms with E-state index in [1.54, 1.807) is 0 Å². The van der Waals surface area contributed by atoms with Crippen molar-refractivity contribution in [2.24, 2.45) is 17.8 Å². The van der Waals surface area contributed by atoms with Crippen molar-refractivity contribution in [1.29, 1.82) is 0 Å². The van der Waals surface area contributed by atoms with Gasteiger partial charge in [0, 0.05) is 6.42 Å². The van der Waals surface area contributed by atoms with Crippen LogP contribution in [0.15, 0.2) is 18.2 Å². The SMILES string of the molecule is CC1Cc2cc(C(O)C3CC4CCC3C4)ccc2O1. The van der Waals surface area contributed by atoms with Gasteiger partial charge in [0.2, 0.25) is 0 Å². The Balaban J connectivity index is 1.58. The Morgan fingerprint density at radius 3 is 2.89 bits per heavy atom. The summed E-state index contributed by atoms with van der Waals surface area (Å²) in [7, 11) is 0. The van der Waals surface area contributed by atoms with Crippen LogP contribution in [0.4, 0.5) is 0 Å². The molecule has 102 valence electrons. The molecular formula is C17H22O2. The molecule has 5 atom stereocenters. The highest BCUT2D eigenvalue weighted by Gasteiger charge is 2.43. The van der Waals surface area contributed by atoms with Gasteiger partial charge >= 0.3 is 0 Å². The van der Waals surface area contributed by atoms with E-state index in [9.17, 15) is 5.11 Å². The van der Waals surface area contributed by atoms with Crippen molar-refractivity contribution in [1.82, 2.24) is 0 Å². The van der Waals surface area contributed by atoms with Crippen LogP contribution in [0.1, 0.15) is 49.8 Å². The van der Waals surface area contributed by atoms with Crippen molar-refractivity contribution in [3.8, 4) is 5.75 Å². The standard InChI is InChI=1S/C17H22O2/c1-10-6-14-9-13(4-5-16(14)19-10)17(18)15-8-11-2-3-12(15)7-11/h4-5,9-12,15,17-18H,2-3,6-8H2,1H3. The summed E-state index contributed by atoms with van der Waals surface area (Å²) in [6, 6.07) is 6.29. The second-order valence-corrected chi connectivity index (χ2v) is 6.78. The first-order valence-electron chi connectivity index (χ1n) is 7.68. The van der Waals surface area contributed by atoms with Gasteiger partial charge in [-0.3, -0.25) is 0 Å². The minimum absolute atomic E-state index is 0.267. The smallest absolute Gasteiger partial charge is 0.123 e. The Bertz CT molecular complexity index is 496. The normalized spacial score (nSPS) is 37.2. The zero-order valence-electron chi connectivity index (χ0n) is 11.5. The van der Waals surface area contributed by atoms with Crippen molar-refractivity contribution >= 4 is 0 Å². The van der Waals surface area contributed by atoms with Crippen molar-refractivity contribution in [3.05, 3.63) is 29.3 Å². The number of hydrogen-bond donors (Lipinski definition) is 1. The summed E-state index contributed by atoms with van der Waals surface area (Å²) in [5.74, 6) is 3.17. The van der Waals surface area contributed by atoms with E-state index in [4.69, 9.17) is 4.74 Å². The van der Waals surface area contributed by atoms with E-state index in [0.29, 0.717) is 5.92 Å². The maximum Gasteiger partial charge on any atom is 0.123 e. The van der Waals surface area contributed by atoms with Crippen molar-refractivity contribution < 1.29 is 9.84 Å². The molecule has 3 aliphatic rings. The van der Waals surface area contributed by atoms with Crippen LogP contribution in [0.5, 0.6) is 5.75 Å². The molecule has 1 heterocycles. The Labute approximate surface area is 114 Å². The fraction of sp³-hybridized carbons (Fsp3) is 0.647. The molecule has 2 heteroatoms. The van der Waals surface area contributed by atoms with E-state index in [2.05, 4.69) is 19.1 Å². The minimum atomic E-state index is -0.267. The van der Waals surface area contributed by atoms with Crippen LogP contribution < -0.4 is 4.74 Å². The van der Waals surface area contributed by atoms with Crippen molar-refractivity contribution in [2.75, 3.05) is 0 Å². The summed E-state index contributed by atoms with van der Waals surface area (Å²) in [6.07, 6.45) is 6.30. The Kier molecular flexibility index (Phi) is 2.63. The van der Waals surface area contributed by atoms with Gasteiger partial charge < -0.3 is 9.84 Å². The number of fused-ring (bicyclic) bond motifs is 3. The third-order valence-corrected chi connectivity index (χ3v) is 5.46. The molecule has 19 heavy (non-hydrogen) atoms. The summed E-state index contributed by atoms with van der Waals surface area (Å²) in [6.45, 7) is 2.10. The van der Waals surface area contributed by atoms with Crippen LogP contribution in [0, 0.1) is 17.8 Å². The number of aliphatic hydroxyl groups excluding tert-OH is 1. The molecule has 0 radical (unpaired) electrons. The van der Waals surface area contributed by atoms with Crippen LogP contribution in [0.25, 0.3) is 0 Å². The molecule has 1 N–H and O–H groups in total. The molecule has 4 rings (SSSR count). The lowest BCUT2D eigenvalue weighted by molar-refractivity contribution is 0.0744. The van der Waals surface area contributed by atoms with Gasteiger partial charge in [-0.05, 0) is 67.2 Å². The molecule has 0 amide bonds. The Morgan fingerprint density at radius 2 is 2.16 bits per heavy atom. The number of aliphatic hydroxyl groups is 1. The molecule has 2 saturated carbocycles. The van der Waals surface area contributed by atoms with Crippen molar-refractivity contribution in [2.45, 2.75) is 51.2 Å². The van der Waals surface area contributed by atoms with E-state index in [1.807, 2.05) is 6.07 Å². The molecule has 2 bridgehead atoms. The number of benzene rings is 1. The summed E-state index contributed by atoms with van der Waals surface area (Å²) in [5, 5.41) is 10.7. The number of ether oxygens (including phenoxy) is 1. The van der Waals surface area contributed by atoms with Gasteiger partial charge in [-0.2, -0.15) is 0 Å². The lowest BCUT2D eigenvalue weighted by Crippen LogP contribution is -2.19. The Hall–Kier alpha value is -1.02. The van der Waals surface area contributed by atoms with Crippen LogP contribution in [-0.2, 0) is 6.42 Å². The molecule has 5 unspecified atom stereocenters. The number of rotatable bonds is 2. The molecule has 0 saturated heterocycles. The zero-order chi connectivity index (χ0) is 13.0. The van der Waals surface area contributed by atoms with Gasteiger partial charge in [0.25, 0.3) is 0 Å². The van der Waals surface area contributed by atoms with E-state index in [0.717, 1.165) is 29.6 Å². The topological polar surface area (TPSA) is 29.5 Å². The molecule has 2 aliphatic carbocycles. The van der Waals surface area contributed by atoms with Gasteiger partial charge in [0.1, 0.15) is 11.9 Å². The largest absolute Gasteiger partial charge is 0.490 e. The molecule has 0 aromatic heterocycles. The fourth-order valence-corrected chi connectivity index (χ4v) is 4.55. The molecule has 2 nitrogen and oxygen atoms in total. The summed E-state index contributed by atoms with van der Waals surface area (Å²) in [4.78, 5) is 0. The second-order valence-electron chi connectivity index (χ2n) is 6.78. The highest BCUT2D eigenvalue weighted by atomic mass is 16.5. The average molecular weight is 258 g/mol. The molecule has 1 aromatic carbocycles. The quantitative estimate of drug-likeness (QED) is 0.880. The average Bonchev–Trinajstić information content (AvgIpc) is 3.09. The van der Waals surface area contributed by atoms with E-state index in [-0.39, 0.29) is 12.2 Å². The van der Waals surface area contributed by atoms with E-state index < -0.39 is 0 Å². The molecule has 0 spiro atoms. The molecule has 2 fully saturated rings. The van der Waals surface area contributed by atoms with Crippen LogP contribution in [0.3, 0.4) is 0 Å². The minimum Gasteiger partial charge on any atom is -0.490 e. The van der Waals surface area contributed by atoms with Crippen LogP contribution >= 0.6 is 0 Å². The molecular weight excluding hydrogens is 236 g/mol. The lowest BCUT2D eigenvalue weighted by Gasteiger charge is -2.27. The predicted molar refractivity (Wildman–Crippen MR) is 74.1 cm³/mol. The van der Waals surface area contributed by atoms with E-state index in [1.165, 1.54) is 31.2 Å². The van der Waals surface area contributed by atoms with Gasteiger partial charge in [-0.25, -0.2) is 0 Å². The summed E-state index contributed by atoms with van der Waals surface area (Å²) in [5.41, 5.74) is 2.38. The zero-order valence-corrected chi connectivity index (χ0v) is 11.5. The molecule has 1 aliphatic heterocycles. The van der Waals surface area contributed by atoms with Gasteiger partial charge in [0.05, 0.1) is 6.10 Å². The van der Waals surface area contributed by atoms with Gasteiger partial charge in [-0.15, -0.1) is 0 Å². The summed E-state index contributed by atoms with van der Waals surface area (Å²) < 4.78 is 5.73. The van der Waals surface area contributed by atoms with E-state index >= 15 is 0 Å². The fourth-order valence-electron chi connectivity index (χ4n) is 4.55. The second kappa shape index (κ2) is 4.24. The maximum atomic E-state index is 10.7. The lowest BCUT2D eigenvalue weighted by atomic mass is 9.82. The first-order valence-corrected chi connectivity index (χ1v) is 7.68. The molecule has 1 aromatic rings. The first kappa shape index (κ1) is 11.8. The first-order chi connectivity index (χ1) is 9.20. The van der Waals surface area contributed by atoms with Gasteiger partial charge in [-0.1, -0.05) is 12.5 Å². The van der Waals surface area contributed by atoms with Crippen LogP contribution in [-0.4, -0.2) is 11.2 Å². The van der Waals surface area contributed by atoms with Gasteiger partial charge in [0.15, 0.2) is 0 Å². The third kappa shape index (κ3) is 1.88. The predicted octanol–water partition coefficient (Wildman–Crippen LogP) is 3.48. The Morgan fingerprint density at radius 1 is 1.26 bits per heavy atom. The van der Waals surface area contributed by atoms with Crippen LogP contribution in [0.2, 0.25) is 0 Å². The highest BCUT2D eigenvalue weighted by Crippen LogP contribution is 2.52. The highest BCUT2D eigenvalue weighted by molar-refractivity contribution is 5.41. The monoisotopic (exact) mass is 258 g/mol. The number of hydrogen-bond acceptors (Lipinski definition) is 2.